The first-order valence-corrected chi connectivity index (χ1v) is 6.18. The van der Waals surface area contributed by atoms with Crippen LogP contribution in [0, 0.1) is 13.8 Å². The van der Waals surface area contributed by atoms with Crippen LogP contribution in [0.5, 0.6) is 11.5 Å². The van der Waals surface area contributed by atoms with Gasteiger partial charge in [-0.3, -0.25) is 0 Å². The molecule has 2 aromatic rings. The minimum Gasteiger partial charge on any atom is -0.493 e. The molecule has 1 heterocycles. The molecule has 0 amide bonds. The van der Waals surface area contributed by atoms with Crippen LogP contribution in [0.15, 0.2) is 18.2 Å². The fraction of sp³-hybridized carbons (Fsp3) is 0.286. The van der Waals surface area contributed by atoms with Gasteiger partial charge in [0, 0.05) is 11.3 Å². The van der Waals surface area contributed by atoms with Crippen molar-refractivity contribution < 1.29 is 9.47 Å². The van der Waals surface area contributed by atoms with Crippen molar-refractivity contribution in [2.75, 3.05) is 14.2 Å². The zero-order chi connectivity index (χ0) is 14.0. The van der Waals surface area contributed by atoms with Crippen molar-refractivity contribution in [1.82, 2.24) is 9.97 Å². The maximum atomic E-state index is 6.12. The van der Waals surface area contributed by atoms with Crippen molar-refractivity contribution >= 4 is 11.6 Å². The van der Waals surface area contributed by atoms with Gasteiger partial charge in [0.25, 0.3) is 0 Å². The maximum Gasteiger partial charge on any atom is 0.171 e. The number of aryl methyl sites for hydroxylation is 1. The molecule has 0 atom stereocenters. The largest absolute Gasteiger partial charge is 0.493 e. The quantitative estimate of drug-likeness (QED) is 0.807. The predicted molar refractivity (Wildman–Crippen MR) is 75.1 cm³/mol. The molecular formula is C14H15ClN2O2. The van der Waals surface area contributed by atoms with Gasteiger partial charge in [0.05, 0.1) is 19.8 Å². The van der Waals surface area contributed by atoms with E-state index in [0.717, 1.165) is 16.8 Å². The van der Waals surface area contributed by atoms with Crippen LogP contribution in [0.4, 0.5) is 0 Å². The average Bonchev–Trinajstić information content (AvgIpc) is 2.43. The second kappa shape index (κ2) is 5.45. The number of halogens is 1. The Kier molecular flexibility index (Phi) is 3.90. The summed E-state index contributed by atoms with van der Waals surface area (Å²) in [5.41, 5.74) is 2.49. The van der Waals surface area contributed by atoms with Crippen LogP contribution >= 0.6 is 11.6 Å². The standard InChI is InChI=1S/C14H15ClN2O2/c1-8-9(2)16-14(17-13(8)15)10-6-5-7-11(18-3)12(10)19-4/h5-7H,1-4H3. The van der Waals surface area contributed by atoms with Crippen LogP contribution in [-0.2, 0) is 0 Å². The first kappa shape index (κ1) is 13.6. The Labute approximate surface area is 117 Å². The second-order valence-electron chi connectivity index (χ2n) is 4.09. The van der Waals surface area contributed by atoms with Crippen molar-refractivity contribution in [2.24, 2.45) is 0 Å². The van der Waals surface area contributed by atoms with Gasteiger partial charge >= 0.3 is 0 Å². The number of hydrogen-bond donors (Lipinski definition) is 0. The lowest BCUT2D eigenvalue weighted by Crippen LogP contribution is -1.99. The van der Waals surface area contributed by atoms with Crippen molar-refractivity contribution in [1.29, 1.82) is 0 Å². The SMILES string of the molecule is COc1cccc(-c2nc(C)c(C)c(Cl)n2)c1OC. The van der Waals surface area contributed by atoms with E-state index in [9.17, 15) is 0 Å². The zero-order valence-corrected chi connectivity index (χ0v) is 12.1. The van der Waals surface area contributed by atoms with Crippen LogP contribution in [0.1, 0.15) is 11.3 Å². The molecular weight excluding hydrogens is 264 g/mol. The number of rotatable bonds is 3. The summed E-state index contributed by atoms with van der Waals surface area (Å²) in [6.45, 7) is 3.79. The molecule has 4 nitrogen and oxygen atoms in total. The highest BCUT2D eigenvalue weighted by molar-refractivity contribution is 6.30. The Morgan fingerprint density at radius 1 is 1.05 bits per heavy atom. The molecule has 100 valence electrons. The third kappa shape index (κ3) is 2.49. The maximum absolute atomic E-state index is 6.12. The van der Waals surface area contributed by atoms with E-state index in [-0.39, 0.29) is 0 Å². The second-order valence-corrected chi connectivity index (χ2v) is 4.45. The fourth-order valence-electron chi connectivity index (χ4n) is 1.78. The lowest BCUT2D eigenvalue weighted by Gasteiger charge is -2.12. The molecule has 0 radical (unpaired) electrons. The molecule has 0 aliphatic heterocycles. The Hall–Kier alpha value is -1.81. The predicted octanol–water partition coefficient (Wildman–Crippen LogP) is 3.43. The molecule has 0 bridgehead atoms. The number of ether oxygens (including phenoxy) is 2. The van der Waals surface area contributed by atoms with Gasteiger partial charge in [0.1, 0.15) is 5.15 Å². The van der Waals surface area contributed by atoms with Crippen molar-refractivity contribution in [3.63, 3.8) is 0 Å². The van der Waals surface area contributed by atoms with E-state index in [1.165, 1.54) is 0 Å². The third-order valence-electron chi connectivity index (χ3n) is 2.97. The molecule has 0 aliphatic rings. The number of hydrogen-bond acceptors (Lipinski definition) is 4. The number of methoxy groups -OCH3 is 2. The molecule has 0 N–H and O–H groups in total. The monoisotopic (exact) mass is 278 g/mol. The molecule has 19 heavy (non-hydrogen) atoms. The molecule has 1 aromatic carbocycles. The summed E-state index contributed by atoms with van der Waals surface area (Å²) in [6.07, 6.45) is 0. The van der Waals surface area contributed by atoms with Crippen molar-refractivity contribution in [2.45, 2.75) is 13.8 Å². The van der Waals surface area contributed by atoms with E-state index in [0.29, 0.717) is 22.5 Å². The van der Waals surface area contributed by atoms with Crippen LogP contribution in [-0.4, -0.2) is 24.2 Å². The van der Waals surface area contributed by atoms with Crippen LogP contribution < -0.4 is 9.47 Å². The lowest BCUT2D eigenvalue weighted by atomic mass is 10.1. The summed E-state index contributed by atoms with van der Waals surface area (Å²) in [5.74, 6) is 1.77. The Morgan fingerprint density at radius 2 is 1.79 bits per heavy atom. The average molecular weight is 279 g/mol. The molecule has 1 aromatic heterocycles. The van der Waals surface area contributed by atoms with E-state index < -0.39 is 0 Å². The number of benzene rings is 1. The topological polar surface area (TPSA) is 44.2 Å². The van der Waals surface area contributed by atoms with Gasteiger partial charge in [-0.15, -0.1) is 0 Å². The highest BCUT2D eigenvalue weighted by Gasteiger charge is 2.15. The molecule has 5 heteroatoms. The minimum atomic E-state index is 0.451. The summed E-state index contributed by atoms with van der Waals surface area (Å²) in [5, 5.41) is 0.451. The molecule has 0 saturated heterocycles. The molecule has 0 unspecified atom stereocenters. The van der Waals surface area contributed by atoms with E-state index in [2.05, 4.69) is 9.97 Å². The normalized spacial score (nSPS) is 10.4. The summed E-state index contributed by atoms with van der Waals surface area (Å²) < 4.78 is 10.7. The molecule has 0 aliphatic carbocycles. The molecule has 2 rings (SSSR count). The zero-order valence-electron chi connectivity index (χ0n) is 11.3. The first-order chi connectivity index (χ1) is 9.08. The number of aromatic nitrogens is 2. The molecule has 0 fully saturated rings. The Morgan fingerprint density at radius 3 is 2.37 bits per heavy atom. The first-order valence-electron chi connectivity index (χ1n) is 5.80. The molecule has 0 spiro atoms. The van der Waals surface area contributed by atoms with Gasteiger partial charge in [0.15, 0.2) is 17.3 Å². The number of nitrogens with zero attached hydrogens (tertiary/aromatic N) is 2. The van der Waals surface area contributed by atoms with Crippen LogP contribution in [0.2, 0.25) is 5.15 Å². The van der Waals surface area contributed by atoms with Gasteiger partial charge in [-0.2, -0.15) is 0 Å². The number of para-hydroxylation sites is 1. The highest BCUT2D eigenvalue weighted by atomic mass is 35.5. The Balaban J connectivity index is 2.65. The summed E-state index contributed by atoms with van der Waals surface area (Å²) in [7, 11) is 3.18. The highest BCUT2D eigenvalue weighted by Crippen LogP contribution is 2.36. The van der Waals surface area contributed by atoms with E-state index in [1.54, 1.807) is 14.2 Å². The Bertz CT molecular complexity index is 591. The van der Waals surface area contributed by atoms with Gasteiger partial charge < -0.3 is 9.47 Å². The minimum absolute atomic E-state index is 0.451. The summed E-state index contributed by atoms with van der Waals surface area (Å²) in [4.78, 5) is 8.76. The fourth-order valence-corrected chi connectivity index (χ4v) is 1.99. The van der Waals surface area contributed by atoms with Gasteiger partial charge in [0.2, 0.25) is 0 Å². The van der Waals surface area contributed by atoms with E-state index in [4.69, 9.17) is 21.1 Å². The molecule has 0 saturated carbocycles. The van der Waals surface area contributed by atoms with Crippen molar-refractivity contribution in [3.8, 4) is 22.9 Å². The van der Waals surface area contributed by atoms with Gasteiger partial charge in [-0.25, -0.2) is 9.97 Å². The third-order valence-corrected chi connectivity index (χ3v) is 3.34. The lowest BCUT2D eigenvalue weighted by molar-refractivity contribution is 0.356. The van der Waals surface area contributed by atoms with Gasteiger partial charge in [-0.05, 0) is 26.0 Å². The van der Waals surface area contributed by atoms with Crippen molar-refractivity contribution in [3.05, 3.63) is 34.6 Å². The van der Waals surface area contributed by atoms with Crippen LogP contribution in [0.3, 0.4) is 0 Å². The van der Waals surface area contributed by atoms with E-state index >= 15 is 0 Å². The smallest absolute Gasteiger partial charge is 0.171 e. The van der Waals surface area contributed by atoms with Gasteiger partial charge in [-0.1, -0.05) is 17.7 Å². The van der Waals surface area contributed by atoms with E-state index in [1.807, 2.05) is 32.0 Å². The van der Waals surface area contributed by atoms with Crippen LogP contribution in [0.25, 0.3) is 11.4 Å². The summed E-state index contributed by atoms with van der Waals surface area (Å²) >= 11 is 6.12. The summed E-state index contributed by atoms with van der Waals surface area (Å²) in [6, 6.07) is 5.57.